The Labute approximate surface area is 104 Å². The van der Waals surface area contributed by atoms with Crippen LogP contribution in [0.3, 0.4) is 0 Å². The highest BCUT2D eigenvalue weighted by molar-refractivity contribution is 7.13. The van der Waals surface area contributed by atoms with E-state index in [4.69, 9.17) is 17.3 Å². The zero-order valence-electron chi connectivity index (χ0n) is 9.20. The lowest BCUT2D eigenvalue weighted by Gasteiger charge is -2.23. The van der Waals surface area contributed by atoms with Crippen molar-refractivity contribution in [2.24, 2.45) is 0 Å². The standard InChI is InChI=1S/C12H13ClN2S/c1-12(2,10-7-16-11(14)15-10)8-4-3-5-9(13)6-8/h3-7H,1-2H3,(H2,14,15). The van der Waals surface area contributed by atoms with Crippen molar-refractivity contribution in [3.05, 3.63) is 45.9 Å². The molecule has 0 saturated heterocycles. The molecular formula is C12H13ClN2S. The van der Waals surface area contributed by atoms with Gasteiger partial charge in [0.05, 0.1) is 5.69 Å². The third-order valence-corrected chi connectivity index (χ3v) is 3.62. The van der Waals surface area contributed by atoms with Crippen molar-refractivity contribution in [3.63, 3.8) is 0 Å². The quantitative estimate of drug-likeness (QED) is 0.885. The zero-order valence-corrected chi connectivity index (χ0v) is 10.8. The minimum atomic E-state index is -0.168. The Morgan fingerprint density at radius 2 is 2.12 bits per heavy atom. The van der Waals surface area contributed by atoms with Crippen LogP contribution in [0.2, 0.25) is 5.02 Å². The maximum Gasteiger partial charge on any atom is 0.180 e. The Morgan fingerprint density at radius 1 is 1.38 bits per heavy atom. The highest BCUT2D eigenvalue weighted by atomic mass is 35.5. The largest absolute Gasteiger partial charge is 0.375 e. The van der Waals surface area contributed by atoms with Crippen molar-refractivity contribution in [2.45, 2.75) is 19.3 Å². The lowest BCUT2D eigenvalue weighted by Crippen LogP contribution is -2.19. The minimum absolute atomic E-state index is 0.168. The van der Waals surface area contributed by atoms with Gasteiger partial charge in [0.1, 0.15) is 0 Å². The zero-order chi connectivity index (χ0) is 11.8. The van der Waals surface area contributed by atoms with Crippen molar-refractivity contribution >= 4 is 28.1 Å². The SMILES string of the molecule is CC(C)(c1cccc(Cl)c1)c1csc(N)n1. The molecule has 2 N–H and O–H groups in total. The lowest BCUT2D eigenvalue weighted by atomic mass is 9.82. The van der Waals surface area contributed by atoms with E-state index in [0.717, 1.165) is 16.3 Å². The molecule has 0 spiro atoms. The highest BCUT2D eigenvalue weighted by Gasteiger charge is 2.25. The number of halogens is 1. The molecule has 84 valence electrons. The number of rotatable bonds is 2. The van der Waals surface area contributed by atoms with E-state index in [1.165, 1.54) is 11.3 Å². The molecule has 0 unspecified atom stereocenters. The van der Waals surface area contributed by atoms with E-state index in [1.54, 1.807) is 0 Å². The number of aromatic nitrogens is 1. The van der Waals surface area contributed by atoms with Gasteiger partial charge in [0, 0.05) is 15.8 Å². The predicted octanol–water partition coefficient (Wildman–Crippen LogP) is 3.70. The van der Waals surface area contributed by atoms with Crippen LogP contribution < -0.4 is 5.73 Å². The molecule has 0 bridgehead atoms. The molecule has 2 aromatic rings. The summed E-state index contributed by atoms with van der Waals surface area (Å²) in [5.74, 6) is 0. The van der Waals surface area contributed by atoms with Gasteiger partial charge in [-0.05, 0) is 17.7 Å². The molecule has 0 fully saturated rings. The summed E-state index contributed by atoms with van der Waals surface area (Å²) in [5.41, 5.74) is 7.62. The van der Waals surface area contributed by atoms with Crippen molar-refractivity contribution < 1.29 is 0 Å². The number of nitrogen functional groups attached to an aromatic ring is 1. The van der Waals surface area contributed by atoms with Gasteiger partial charge in [0.25, 0.3) is 0 Å². The number of nitrogens with two attached hydrogens (primary N) is 1. The van der Waals surface area contributed by atoms with Crippen molar-refractivity contribution in [3.8, 4) is 0 Å². The molecule has 0 aliphatic heterocycles. The van der Waals surface area contributed by atoms with Gasteiger partial charge in [-0.2, -0.15) is 0 Å². The first-order chi connectivity index (χ1) is 7.50. The fraction of sp³-hybridized carbons (Fsp3) is 0.250. The molecule has 1 aromatic carbocycles. The Morgan fingerprint density at radius 3 is 2.69 bits per heavy atom. The summed E-state index contributed by atoms with van der Waals surface area (Å²) in [6, 6.07) is 7.85. The Hall–Kier alpha value is -1.06. The maximum atomic E-state index is 6.00. The number of thiazole rings is 1. The van der Waals surface area contributed by atoms with Crippen molar-refractivity contribution in [1.29, 1.82) is 0 Å². The van der Waals surface area contributed by atoms with Crippen LogP contribution in [-0.4, -0.2) is 4.98 Å². The Bertz CT molecular complexity index is 505. The maximum absolute atomic E-state index is 6.00. The predicted molar refractivity (Wildman–Crippen MR) is 70.1 cm³/mol. The average molecular weight is 253 g/mol. The fourth-order valence-electron chi connectivity index (χ4n) is 1.60. The first-order valence-corrected chi connectivity index (χ1v) is 6.23. The lowest BCUT2D eigenvalue weighted by molar-refractivity contribution is 0.622. The van der Waals surface area contributed by atoms with Gasteiger partial charge in [-0.3, -0.25) is 0 Å². The van der Waals surface area contributed by atoms with Crippen LogP contribution in [0.15, 0.2) is 29.6 Å². The summed E-state index contributed by atoms with van der Waals surface area (Å²) in [7, 11) is 0. The summed E-state index contributed by atoms with van der Waals surface area (Å²) in [4.78, 5) is 4.34. The Kier molecular flexibility index (Phi) is 2.91. The molecule has 0 amide bonds. The minimum Gasteiger partial charge on any atom is -0.375 e. The molecule has 2 nitrogen and oxygen atoms in total. The molecule has 1 heterocycles. The molecule has 0 saturated carbocycles. The number of hydrogen-bond donors (Lipinski definition) is 1. The number of anilines is 1. The first-order valence-electron chi connectivity index (χ1n) is 4.97. The molecule has 4 heteroatoms. The fourth-order valence-corrected chi connectivity index (χ4v) is 2.52. The van der Waals surface area contributed by atoms with Crippen molar-refractivity contribution in [2.75, 3.05) is 5.73 Å². The third kappa shape index (κ3) is 2.06. The molecule has 0 atom stereocenters. The summed E-state index contributed by atoms with van der Waals surface area (Å²) >= 11 is 7.46. The van der Waals surface area contributed by atoms with Crippen molar-refractivity contribution in [1.82, 2.24) is 4.98 Å². The summed E-state index contributed by atoms with van der Waals surface area (Å²) in [6.07, 6.45) is 0. The molecule has 0 aliphatic rings. The number of nitrogens with zero attached hydrogens (tertiary/aromatic N) is 1. The van der Waals surface area contributed by atoms with Crippen LogP contribution in [0, 0.1) is 0 Å². The third-order valence-electron chi connectivity index (χ3n) is 2.71. The van der Waals surface area contributed by atoms with Crippen LogP contribution in [-0.2, 0) is 5.41 Å². The van der Waals surface area contributed by atoms with Gasteiger partial charge in [-0.25, -0.2) is 4.98 Å². The van der Waals surface area contributed by atoms with E-state index in [9.17, 15) is 0 Å². The van der Waals surface area contributed by atoms with E-state index in [0.29, 0.717) is 5.13 Å². The Balaban J connectivity index is 2.46. The smallest absolute Gasteiger partial charge is 0.180 e. The van der Waals surface area contributed by atoms with E-state index in [-0.39, 0.29) is 5.41 Å². The van der Waals surface area contributed by atoms with Crippen LogP contribution >= 0.6 is 22.9 Å². The van der Waals surface area contributed by atoms with Gasteiger partial charge >= 0.3 is 0 Å². The molecule has 16 heavy (non-hydrogen) atoms. The van der Waals surface area contributed by atoms with Gasteiger partial charge in [0.2, 0.25) is 0 Å². The highest BCUT2D eigenvalue weighted by Crippen LogP contribution is 2.33. The van der Waals surface area contributed by atoms with Crippen LogP contribution in [0.4, 0.5) is 5.13 Å². The van der Waals surface area contributed by atoms with E-state index in [2.05, 4.69) is 24.9 Å². The molecule has 2 rings (SSSR count). The summed E-state index contributed by atoms with van der Waals surface area (Å²) in [5, 5.41) is 3.34. The summed E-state index contributed by atoms with van der Waals surface area (Å²) in [6.45, 7) is 4.24. The molecular weight excluding hydrogens is 240 g/mol. The van der Waals surface area contributed by atoms with Gasteiger partial charge in [-0.1, -0.05) is 37.6 Å². The number of hydrogen-bond acceptors (Lipinski definition) is 3. The van der Waals surface area contributed by atoms with Gasteiger partial charge in [0.15, 0.2) is 5.13 Å². The average Bonchev–Trinajstić information content (AvgIpc) is 2.65. The summed E-state index contributed by atoms with van der Waals surface area (Å²) < 4.78 is 0. The topological polar surface area (TPSA) is 38.9 Å². The number of benzene rings is 1. The first kappa shape index (κ1) is 11.4. The van der Waals surface area contributed by atoms with Crippen LogP contribution in [0.25, 0.3) is 0 Å². The monoisotopic (exact) mass is 252 g/mol. The van der Waals surface area contributed by atoms with Crippen LogP contribution in [0.1, 0.15) is 25.1 Å². The van der Waals surface area contributed by atoms with Crippen LogP contribution in [0.5, 0.6) is 0 Å². The van der Waals surface area contributed by atoms with E-state index >= 15 is 0 Å². The van der Waals surface area contributed by atoms with Gasteiger partial charge < -0.3 is 5.73 Å². The van der Waals surface area contributed by atoms with Gasteiger partial charge in [-0.15, -0.1) is 11.3 Å². The van der Waals surface area contributed by atoms with E-state index < -0.39 is 0 Å². The molecule has 1 aromatic heterocycles. The molecule has 0 aliphatic carbocycles. The van der Waals surface area contributed by atoms with E-state index in [1.807, 2.05) is 23.6 Å². The normalized spacial score (nSPS) is 11.7. The molecule has 0 radical (unpaired) electrons. The second kappa shape index (κ2) is 4.07. The second-order valence-electron chi connectivity index (χ2n) is 4.21. The second-order valence-corrected chi connectivity index (χ2v) is 5.53.